The van der Waals surface area contributed by atoms with Crippen molar-refractivity contribution < 1.29 is 23.5 Å². The smallest absolute Gasteiger partial charge is 0.325 e. The summed E-state index contributed by atoms with van der Waals surface area (Å²) in [4.78, 5) is 21.8. The Balaban J connectivity index is 2.89. The van der Waals surface area contributed by atoms with Crippen LogP contribution in [-0.4, -0.2) is 23.0 Å². The number of aliphatic carboxylic acids is 1. The molecular weight excluding hydrogens is 220 g/mol. The molecule has 0 bridgehead atoms. The van der Waals surface area contributed by atoms with Gasteiger partial charge in [-0.3, -0.25) is 9.59 Å². The number of carbonyl (C=O) groups is 2. The zero-order chi connectivity index (χ0) is 12.3. The van der Waals surface area contributed by atoms with Gasteiger partial charge in [-0.2, -0.15) is 0 Å². The van der Waals surface area contributed by atoms with E-state index < -0.39 is 35.1 Å². The second kappa shape index (κ2) is 4.69. The second-order valence-corrected chi connectivity index (χ2v) is 3.13. The molecule has 2 N–H and O–H groups in total. The monoisotopic (exact) mass is 229 g/mol. The summed E-state index contributed by atoms with van der Waals surface area (Å²) in [5.74, 6) is -4.68. The first-order chi connectivity index (χ1) is 7.43. The van der Waals surface area contributed by atoms with E-state index in [4.69, 9.17) is 5.11 Å². The predicted octanol–water partition coefficient (Wildman–Crippen LogP) is 1.17. The molecule has 1 rings (SSSR count). The Kier molecular flexibility index (Phi) is 3.55. The number of halogens is 2. The first-order valence-electron chi connectivity index (χ1n) is 4.41. The molecule has 0 fully saturated rings. The lowest BCUT2D eigenvalue weighted by Crippen LogP contribution is -2.38. The molecule has 0 aliphatic carbocycles. The van der Waals surface area contributed by atoms with E-state index in [0.29, 0.717) is 0 Å². The van der Waals surface area contributed by atoms with Crippen LogP contribution in [0.3, 0.4) is 0 Å². The van der Waals surface area contributed by atoms with Crippen molar-refractivity contribution >= 4 is 11.9 Å². The van der Waals surface area contributed by atoms with Crippen molar-refractivity contribution in [3.05, 3.63) is 35.4 Å². The van der Waals surface area contributed by atoms with Crippen LogP contribution in [0.2, 0.25) is 0 Å². The molecule has 1 amide bonds. The van der Waals surface area contributed by atoms with Gasteiger partial charge in [0.05, 0.1) is 5.56 Å². The summed E-state index contributed by atoms with van der Waals surface area (Å²) in [5.41, 5.74) is -0.520. The highest BCUT2D eigenvalue weighted by Gasteiger charge is 2.19. The molecule has 0 aromatic heterocycles. The number of carboxylic acid groups (broad SMARTS) is 1. The number of carboxylic acids is 1. The van der Waals surface area contributed by atoms with Gasteiger partial charge in [-0.25, -0.2) is 8.78 Å². The van der Waals surface area contributed by atoms with E-state index >= 15 is 0 Å². The molecule has 1 aromatic rings. The maximum Gasteiger partial charge on any atom is 0.325 e. The van der Waals surface area contributed by atoms with Crippen LogP contribution in [0.4, 0.5) is 8.78 Å². The van der Waals surface area contributed by atoms with Crippen LogP contribution in [-0.2, 0) is 4.79 Å². The molecular formula is C10H9F2NO3. The van der Waals surface area contributed by atoms with E-state index in [9.17, 15) is 18.4 Å². The van der Waals surface area contributed by atoms with Gasteiger partial charge >= 0.3 is 5.97 Å². The summed E-state index contributed by atoms with van der Waals surface area (Å²) in [7, 11) is 0. The molecule has 0 saturated heterocycles. The number of hydrogen-bond acceptors (Lipinski definition) is 2. The summed E-state index contributed by atoms with van der Waals surface area (Å²) < 4.78 is 25.9. The maximum absolute atomic E-state index is 13.1. The van der Waals surface area contributed by atoms with Gasteiger partial charge in [0.15, 0.2) is 11.6 Å². The van der Waals surface area contributed by atoms with E-state index in [-0.39, 0.29) is 0 Å². The van der Waals surface area contributed by atoms with E-state index in [1.54, 1.807) is 0 Å². The Hall–Kier alpha value is -1.98. The molecule has 1 atom stereocenters. The standard InChI is InChI=1S/C10H9F2NO3/c1-5(10(15)16)13-9(14)6-3-2-4-7(11)8(6)12/h2-5H,1H3,(H,13,14)(H,15,16)/t5-/m1/s1. The van der Waals surface area contributed by atoms with Gasteiger partial charge in [0.1, 0.15) is 6.04 Å². The zero-order valence-corrected chi connectivity index (χ0v) is 8.33. The summed E-state index contributed by atoms with van der Waals surface area (Å²) in [6.07, 6.45) is 0. The highest BCUT2D eigenvalue weighted by Crippen LogP contribution is 2.11. The Bertz CT molecular complexity index is 434. The van der Waals surface area contributed by atoms with Crippen molar-refractivity contribution in [1.29, 1.82) is 0 Å². The SMILES string of the molecule is C[C@@H](NC(=O)c1cccc(F)c1F)C(=O)O. The second-order valence-electron chi connectivity index (χ2n) is 3.13. The van der Waals surface area contributed by atoms with Gasteiger partial charge < -0.3 is 10.4 Å². The van der Waals surface area contributed by atoms with E-state index in [1.807, 2.05) is 5.32 Å². The lowest BCUT2D eigenvalue weighted by molar-refractivity contribution is -0.138. The van der Waals surface area contributed by atoms with Crippen molar-refractivity contribution in [2.24, 2.45) is 0 Å². The van der Waals surface area contributed by atoms with Gasteiger partial charge in [0.25, 0.3) is 5.91 Å². The fourth-order valence-corrected chi connectivity index (χ4v) is 1.02. The summed E-state index contributed by atoms with van der Waals surface area (Å²) in [6, 6.07) is 1.93. The first-order valence-corrected chi connectivity index (χ1v) is 4.41. The van der Waals surface area contributed by atoms with Crippen molar-refractivity contribution in [1.82, 2.24) is 5.32 Å². The lowest BCUT2D eigenvalue weighted by Gasteiger charge is -2.09. The zero-order valence-electron chi connectivity index (χ0n) is 8.33. The highest BCUT2D eigenvalue weighted by atomic mass is 19.2. The third-order valence-electron chi connectivity index (χ3n) is 1.91. The molecule has 0 radical (unpaired) electrons. The van der Waals surface area contributed by atoms with Crippen LogP contribution >= 0.6 is 0 Å². The normalized spacial score (nSPS) is 11.9. The van der Waals surface area contributed by atoms with Crippen LogP contribution in [0, 0.1) is 11.6 Å². The molecule has 0 saturated carbocycles. The number of hydrogen-bond donors (Lipinski definition) is 2. The molecule has 0 aliphatic heterocycles. The van der Waals surface area contributed by atoms with Crippen LogP contribution in [0.1, 0.15) is 17.3 Å². The summed E-state index contributed by atoms with van der Waals surface area (Å²) in [5, 5.41) is 10.5. The Morgan fingerprint density at radius 3 is 2.56 bits per heavy atom. The molecule has 16 heavy (non-hydrogen) atoms. The number of rotatable bonds is 3. The lowest BCUT2D eigenvalue weighted by atomic mass is 10.2. The number of benzene rings is 1. The Morgan fingerprint density at radius 1 is 1.38 bits per heavy atom. The Morgan fingerprint density at radius 2 is 2.00 bits per heavy atom. The van der Waals surface area contributed by atoms with E-state index in [1.165, 1.54) is 13.0 Å². The quantitative estimate of drug-likeness (QED) is 0.817. The number of nitrogens with one attached hydrogen (secondary N) is 1. The first kappa shape index (κ1) is 12.1. The van der Waals surface area contributed by atoms with Gasteiger partial charge in [-0.15, -0.1) is 0 Å². The largest absolute Gasteiger partial charge is 0.480 e. The molecule has 1 aromatic carbocycles. The summed E-state index contributed by atoms with van der Waals surface area (Å²) in [6.45, 7) is 1.22. The van der Waals surface area contributed by atoms with Crippen molar-refractivity contribution in [3.8, 4) is 0 Å². The molecule has 86 valence electrons. The molecule has 0 spiro atoms. The third-order valence-corrected chi connectivity index (χ3v) is 1.91. The fraction of sp³-hybridized carbons (Fsp3) is 0.200. The maximum atomic E-state index is 13.1. The topological polar surface area (TPSA) is 66.4 Å². The van der Waals surface area contributed by atoms with E-state index in [2.05, 4.69) is 0 Å². The van der Waals surface area contributed by atoms with Crippen LogP contribution in [0.5, 0.6) is 0 Å². The molecule has 0 unspecified atom stereocenters. The van der Waals surface area contributed by atoms with Crippen LogP contribution in [0.15, 0.2) is 18.2 Å². The van der Waals surface area contributed by atoms with Crippen molar-refractivity contribution in [3.63, 3.8) is 0 Å². The minimum Gasteiger partial charge on any atom is -0.480 e. The van der Waals surface area contributed by atoms with Crippen molar-refractivity contribution in [2.75, 3.05) is 0 Å². The highest BCUT2D eigenvalue weighted by molar-refractivity contribution is 5.96. The minimum absolute atomic E-state index is 0.520. The van der Waals surface area contributed by atoms with Gasteiger partial charge in [-0.05, 0) is 19.1 Å². The fourth-order valence-electron chi connectivity index (χ4n) is 1.02. The van der Waals surface area contributed by atoms with Crippen LogP contribution in [0.25, 0.3) is 0 Å². The van der Waals surface area contributed by atoms with E-state index in [0.717, 1.165) is 12.1 Å². The average Bonchev–Trinajstić information content (AvgIpc) is 2.21. The van der Waals surface area contributed by atoms with Gasteiger partial charge in [-0.1, -0.05) is 6.07 Å². The number of carbonyl (C=O) groups excluding carboxylic acids is 1. The molecule has 6 heteroatoms. The van der Waals surface area contributed by atoms with Crippen molar-refractivity contribution in [2.45, 2.75) is 13.0 Å². The Labute approximate surface area is 89.9 Å². The average molecular weight is 229 g/mol. The third kappa shape index (κ3) is 2.53. The predicted molar refractivity (Wildman–Crippen MR) is 50.9 cm³/mol. The molecule has 0 heterocycles. The minimum atomic E-state index is -1.29. The molecule has 0 aliphatic rings. The van der Waals surface area contributed by atoms with Gasteiger partial charge in [0, 0.05) is 0 Å². The summed E-state index contributed by atoms with van der Waals surface area (Å²) >= 11 is 0. The molecule has 4 nitrogen and oxygen atoms in total. The van der Waals surface area contributed by atoms with Gasteiger partial charge in [0.2, 0.25) is 0 Å². The van der Waals surface area contributed by atoms with Crippen LogP contribution < -0.4 is 5.32 Å². The number of amides is 1.